The summed E-state index contributed by atoms with van der Waals surface area (Å²) in [4.78, 5) is 17.2. The van der Waals surface area contributed by atoms with Crippen LogP contribution in [0.2, 0.25) is 0 Å². The highest BCUT2D eigenvalue weighted by molar-refractivity contribution is 5.93. The molecule has 1 aromatic heterocycles. The molecule has 0 unspecified atom stereocenters. The van der Waals surface area contributed by atoms with E-state index in [-0.39, 0.29) is 12.5 Å². The molecular weight excluding hydrogens is 300 g/mol. The minimum absolute atomic E-state index is 0.150. The molecule has 1 N–H and O–H groups in total. The molecule has 0 spiro atoms. The van der Waals surface area contributed by atoms with Gasteiger partial charge in [-0.25, -0.2) is 4.98 Å². The largest absolute Gasteiger partial charge is 0.323 e. The van der Waals surface area contributed by atoms with Crippen molar-refractivity contribution in [3.05, 3.63) is 59.9 Å². The zero-order valence-electron chi connectivity index (χ0n) is 13.1. The predicted molar refractivity (Wildman–Crippen MR) is 91.5 cm³/mol. The van der Waals surface area contributed by atoms with E-state index in [1.165, 1.54) is 0 Å². The first-order chi connectivity index (χ1) is 11.8. The van der Waals surface area contributed by atoms with E-state index in [4.69, 9.17) is 10.2 Å². The fourth-order valence-corrected chi connectivity index (χ4v) is 2.94. The second-order valence-corrected chi connectivity index (χ2v) is 6.02. The van der Waals surface area contributed by atoms with Crippen molar-refractivity contribution in [3.63, 3.8) is 0 Å². The lowest BCUT2D eigenvalue weighted by atomic mass is 10.2. The number of para-hydroxylation sites is 3. The standard InChI is InChI=1S/C19H16N4O/c20-11-14-5-1-2-6-15(14)21-18(24)12-23-17-8-4-3-7-16(17)22-19(23)13-9-10-13/h1-8,13H,9-10,12H2,(H,21,24). The van der Waals surface area contributed by atoms with Gasteiger partial charge in [0.25, 0.3) is 0 Å². The summed E-state index contributed by atoms with van der Waals surface area (Å²) in [6.07, 6.45) is 2.25. The Balaban J connectivity index is 1.63. The Labute approximate surface area is 139 Å². The van der Waals surface area contributed by atoms with Crippen molar-refractivity contribution in [2.24, 2.45) is 0 Å². The van der Waals surface area contributed by atoms with Gasteiger partial charge in [-0.05, 0) is 37.1 Å². The van der Waals surface area contributed by atoms with E-state index < -0.39 is 0 Å². The summed E-state index contributed by atoms with van der Waals surface area (Å²) < 4.78 is 2.00. The lowest BCUT2D eigenvalue weighted by Crippen LogP contribution is -2.20. The van der Waals surface area contributed by atoms with E-state index in [1.807, 2.05) is 28.8 Å². The fraction of sp³-hybridized carbons (Fsp3) is 0.211. The van der Waals surface area contributed by atoms with Crippen LogP contribution in [0.15, 0.2) is 48.5 Å². The van der Waals surface area contributed by atoms with Crippen molar-refractivity contribution >= 4 is 22.6 Å². The van der Waals surface area contributed by atoms with Crippen LogP contribution in [0.3, 0.4) is 0 Å². The number of benzene rings is 2. The van der Waals surface area contributed by atoms with E-state index in [2.05, 4.69) is 11.4 Å². The molecule has 0 bridgehead atoms. The SMILES string of the molecule is N#Cc1ccccc1NC(=O)Cn1c(C2CC2)nc2ccccc21. The van der Waals surface area contributed by atoms with Crippen LogP contribution in [0.5, 0.6) is 0 Å². The first-order valence-corrected chi connectivity index (χ1v) is 8.00. The van der Waals surface area contributed by atoms with Crippen LogP contribution in [-0.2, 0) is 11.3 Å². The minimum Gasteiger partial charge on any atom is -0.323 e. The van der Waals surface area contributed by atoms with Gasteiger partial charge in [-0.3, -0.25) is 4.79 Å². The van der Waals surface area contributed by atoms with Crippen LogP contribution >= 0.6 is 0 Å². The van der Waals surface area contributed by atoms with E-state index in [1.54, 1.807) is 24.3 Å². The first-order valence-electron chi connectivity index (χ1n) is 8.00. The zero-order valence-corrected chi connectivity index (χ0v) is 13.1. The Morgan fingerprint density at radius 1 is 1.21 bits per heavy atom. The van der Waals surface area contributed by atoms with E-state index in [9.17, 15) is 4.79 Å². The third-order valence-electron chi connectivity index (χ3n) is 4.25. The third-order valence-corrected chi connectivity index (χ3v) is 4.25. The van der Waals surface area contributed by atoms with Crippen LogP contribution in [0, 0.1) is 11.3 Å². The van der Waals surface area contributed by atoms with Crippen molar-refractivity contribution in [3.8, 4) is 6.07 Å². The molecule has 0 saturated heterocycles. The normalized spacial score (nSPS) is 13.6. The molecule has 24 heavy (non-hydrogen) atoms. The topological polar surface area (TPSA) is 70.7 Å². The molecule has 0 aliphatic heterocycles. The molecule has 5 nitrogen and oxygen atoms in total. The lowest BCUT2D eigenvalue weighted by molar-refractivity contribution is -0.116. The number of carbonyl (C=O) groups is 1. The highest BCUT2D eigenvalue weighted by atomic mass is 16.1. The van der Waals surface area contributed by atoms with Crippen LogP contribution in [0.1, 0.15) is 30.1 Å². The average molecular weight is 316 g/mol. The van der Waals surface area contributed by atoms with Gasteiger partial charge in [-0.2, -0.15) is 5.26 Å². The highest BCUT2D eigenvalue weighted by Crippen LogP contribution is 2.40. The van der Waals surface area contributed by atoms with Crippen LogP contribution in [0.25, 0.3) is 11.0 Å². The number of hydrogen-bond donors (Lipinski definition) is 1. The maximum Gasteiger partial charge on any atom is 0.244 e. The Morgan fingerprint density at radius 2 is 1.96 bits per heavy atom. The van der Waals surface area contributed by atoms with Gasteiger partial charge < -0.3 is 9.88 Å². The number of hydrogen-bond acceptors (Lipinski definition) is 3. The molecule has 0 atom stereocenters. The molecule has 118 valence electrons. The summed E-state index contributed by atoms with van der Waals surface area (Å²) >= 11 is 0. The number of nitrogens with one attached hydrogen (secondary N) is 1. The number of fused-ring (bicyclic) bond motifs is 1. The smallest absolute Gasteiger partial charge is 0.244 e. The number of nitriles is 1. The number of nitrogens with zero attached hydrogens (tertiary/aromatic N) is 3. The maximum absolute atomic E-state index is 12.5. The van der Waals surface area contributed by atoms with Crippen LogP contribution in [-0.4, -0.2) is 15.5 Å². The van der Waals surface area contributed by atoms with Gasteiger partial charge in [0, 0.05) is 5.92 Å². The van der Waals surface area contributed by atoms with Crippen molar-refractivity contribution in [2.75, 3.05) is 5.32 Å². The Hall–Kier alpha value is -3.13. The second-order valence-electron chi connectivity index (χ2n) is 6.02. The molecular formula is C19H16N4O. The summed E-state index contributed by atoms with van der Waals surface area (Å²) in [6.45, 7) is 0.201. The fourth-order valence-electron chi connectivity index (χ4n) is 2.94. The van der Waals surface area contributed by atoms with Crippen LogP contribution in [0.4, 0.5) is 5.69 Å². The number of carbonyl (C=O) groups excluding carboxylic acids is 1. The van der Waals surface area contributed by atoms with E-state index >= 15 is 0 Å². The Bertz CT molecular complexity index is 963. The monoisotopic (exact) mass is 316 g/mol. The maximum atomic E-state index is 12.5. The van der Waals surface area contributed by atoms with Crippen molar-refractivity contribution in [2.45, 2.75) is 25.3 Å². The zero-order chi connectivity index (χ0) is 16.5. The van der Waals surface area contributed by atoms with Gasteiger partial charge in [-0.15, -0.1) is 0 Å². The number of anilines is 1. The molecule has 1 heterocycles. The average Bonchev–Trinajstić information content (AvgIpc) is 3.39. The molecule has 4 rings (SSSR count). The Kier molecular flexibility index (Phi) is 3.51. The number of imidazole rings is 1. The van der Waals surface area contributed by atoms with E-state index in [0.717, 1.165) is 29.7 Å². The number of rotatable bonds is 4. The van der Waals surface area contributed by atoms with Crippen molar-refractivity contribution in [1.29, 1.82) is 5.26 Å². The van der Waals surface area contributed by atoms with Crippen LogP contribution < -0.4 is 5.32 Å². The summed E-state index contributed by atoms with van der Waals surface area (Å²) in [5, 5.41) is 12.0. The molecule has 1 fully saturated rings. The molecule has 5 heteroatoms. The summed E-state index contributed by atoms with van der Waals surface area (Å²) in [7, 11) is 0. The highest BCUT2D eigenvalue weighted by Gasteiger charge is 2.30. The number of aromatic nitrogens is 2. The minimum atomic E-state index is -0.150. The second kappa shape index (κ2) is 5.82. The summed E-state index contributed by atoms with van der Waals surface area (Å²) in [5.74, 6) is 1.29. The molecule has 1 saturated carbocycles. The summed E-state index contributed by atoms with van der Waals surface area (Å²) in [6, 6.07) is 17.0. The quantitative estimate of drug-likeness (QED) is 0.801. The first kappa shape index (κ1) is 14.5. The molecule has 1 aliphatic carbocycles. The van der Waals surface area contributed by atoms with E-state index in [0.29, 0.717) is 17.2 Å². The predicted octanol–water partition coefficient (Wildman–Crippen LogP) is 3.42. The van der Waals surface area contributed by atoms with Crippen molar-refractivity contribution < 1.29 is 4.79 Å². The molecule has 2 aromatic carbocycles. The van der Waals surface area contributed by atoms with Gasteiger partial charge >= 0.3 is 0 Å². The molecule has 1 amide bonds. The summed E-state index contributed by atoms with van der Waals surface area (Å²) in [5.41, 5.74) is 2.90. The molecule has 0 radical (unpaired) electrons. The van der Waals surface area contributed by atoms with Gasteiger partial charge in [0.2, 0.25) is 5.91 Å². The third kappa shape index (κ3) is 2.63. The number of amides is 1. The molecule has 3 aromatic rings. The van der Waals surface area contributed by atoms with Gasteiger partial charge in [0.05, 0.1) is 22.3 Å². The molecule has 1 aliphatic rings. The Morgan fingerprint density at radius 3 is 2.75 bits per heavy atom. The van der Waals surface area contributed by atoms with Crippen molar-refractivity contribution in [1.82, 2.24) is 9.55 Å². The van der Waals surface area contributed by atoms with Gasteiger partial charge in [-0.1, -0.05) is 24.3 Å². The lowest BCUT2D eigenvalue weighted by Gasteiger charge is -2.10. The van der Waals surface area contributed by atoms with Gasteiger partial charge in [0.15, 0.2) is 0 Å². The van der Waals surface area contributed by atoms with Gasteiger partial charge in [0.1, 0.15) is 18.4 Å².